The van der Waals surface area contributed by atoms with Gasteiger partial charge in [-0.15, -0.1) is 0 Å². The van der Waals surface area contributed by atoms with Gasteiger partial charge in [-0.25, -0.2) is 0 Å². The van der Waals surface area contributed by atoms with Crippen LogP contribution in [0, 0.1) is 5.92 Å². The highest BCUT2D eigenvalue weighted by atomic mass is 16.5. The SMILES string of the molecule is COC(=O)C1CCCN1CC(=O)N1CCC(C)CC1. The summed E-state index contributed by atoms with van der Waals surface area (Å²) < 4.78 is 4.80. The molecule has 2 heterocycles. The van der Waals surface area contributed by atoms with Crippen LogP contribution >= 0.6 is 0 Å². The highest BCUT2D eigenvalue weighted by Gasteiger charge is 2.33. The average Bonchev–Trinajstić information content (AvgIpc) is 2.86. The number of carbonyl (C=O) groups excluding carboxylic acids is 2. The summed E-state index contributed by atoms with van der Waals surface area (Å²) in [5.74, 6) is 0.666. The van der Waals surface area contributed by atoms with Crippen molar-refractivity contribution >= 4 is 11.9 Å². The number of likely N-dealkylation sites (tertiary alicyclic amines) is 2. The van der Waals surface area contributed by atoms with Crippen LogP contribution in [0.15, 0.2) is 0 Å². The molecule has 0 saturated carbocycles. The van der Waals surface area contributed by atoms with Crippen molar-refractivity contribution in [2.75, 3.05) is 33.3 Å². The maximum absolute atomic E-state index is 12.2. The van der Waals surface area contributed by atoms with Crippen molar-refractivity contribution in [3.05, 3.63) is 0 Å². The molecule has 19 heavy (non-hydrogen) atoms. The number of rotatable bonds is 3. The van der Waals surface area contributed by atoms with Gasteiger partial charge in [-0.3, -0.25) is 14.5 Å². The Hall–Kier alpha value is -1.10. The lowest BCUT2D eigenvalue weighted by atomic mass is 9.99. The van der Waals surface area contributed by atoms with E-state index >= 15 is 0 Å². The van der Waals surface area contributed by atoms with Crippen LogP contribution in [0.25, 0.3) is 0 Å². The van der Waals surface area contributed by atoms with Gasteiger partial charge in [0.25, 0.3) is 0 Å². The topological polar surface area (TPSA) is 49.9 Å². The van der Waals surface area contributed by atoms with E-state index in [0.29, 0.717) is 6.54 Å². The zero-order valence-electron chi connectivity index (χ0n) is 11.9. The second kappa shape index (κ2) is 6.37. The third kappa shape index (κ3) is 3.47. The number of piperidine rings is 1. The van der Waals surface area contributed by atoms with Crippen LogP contribution in [0.2, 0.25) is 0 Å². The predicted octanol–water partition coefficient (Wildman–Crippen LogP) is 0.882. The zero-order chi connectivity index (χ0) is 13.8. The van der Waals surface area contributed by atoms with Gasteiger partial charge < -0.3 is 9.64 Å². The van der Waals surface area contributed by atoms with Crippen LogP contribution in [0.3, 0.4) is 0 Å². The molecular formula is C14H24N2O3. The van der Waals surface area contributed by atoms with Crippen LogP contribution in [-0.2, 0) is 14.3 Å². The lowest BCUT2D eigenvalue weighted by Crippen LogP contribution is -2.47. The highest BCUT2D eigenvalue weighted by Crippen LogP contribution is 2.20. The van der Waals surface area contributed by atoms with E-state index in [2.05, 4.69) is 6.92 Å². The minimum Gasteiger partial charge on any atom is -0.468 e. The van der Waals surface area contributed by atoms with Crippen LogP contribution in [0.1, 0.15) is 32.6 Å². The number of ether oxygens (including phenoxy) is 1. The summed E-state index contributed by atoms with van der Waals surface area (Å²) in [4.78, 5) is 27.8. The third-order valence-corrected chi connectivity index (χ3v) is 4.31. The largest absolute Gasteiger partial charge is 0.468 e. The van der Waals surface area contributed by atoms with E-state index in [0.717, 1.165) is 51.2 Å². The first-order chi connectivity index (χ1) is 9.11. The summed E-state index contributed by atoms with van der Waals surface area (Å²) in [6.45, 7) is 5.12. The molecule has 0 spiro atoms. The smallest absolute Gasteiger partial charge is 0.323 e. The van der Waals surface area contributed by atoms with Crippen molar-refractivity contribution in [3.8, 4) is 0 Å². The van der Waals surface area contributed by atoms with Gasteiger partial charge in [-0.2, -0.15) is 0 Å². The molecule has 0 bridgehead atoms. The Kier molecular flexibility index (Phi) is 4.80. The maximum atomic E-state index is 12.2. The molecule has 2 fully saturated rings. The number of hydrogen-bond acceptors (Lipinski definition) is 4. The first kappa shape index (κ1) is 14.3. The van der Waals surface area contributed by atoms with Crippen LogP contribution < -0.4 is 0 Å². The number of hydrogen-bond donors (Lipinski definition) is 0. The van der Waals surface area contributed by atoms with Gasteiger partial charge in [0.15, 0.2) is 0 Å². The number of nitrogens with zero attached hydrogens (tertiary/aromatic N) is 2. The van der Waals surface area contributed by atoms with Crippen molar-refractivity contribution in [1.82, 2.24) is 9.80 Å². The van der Waals surface area contributed by atoms with E-state index in [1.807, 2.05) is 9.80 Å². The fraction of sp³-hybridized carbons (Fsp3) is 0.857. The summed E-state index contributed by atoms with van der Waals surface area (Å²) in [6.07, 6.45) is 3.94. The van der Waals surface area contributed by atoms with E-state index in [9.17, 15) is 9.59 Å². The normalized spacial score (nSPS) is 25.6. The Balaban J connectivity index is 1.86. The van der Waals surface area contributed by atoms with Gasteiger partial charge in [0.2, 0.25) is 5.91 Å². The molecule has 5 nitrogen and oxygen atoms in total. The monoisotopic (exact) mass is 268 g/mol. The molecule has 108 valence electrons. The third-order valence-electron chi connectivity index (χ3n) is 4.31. The molecule has 0 aromatic rings. The lowest BCUT2D eigenvalue weighted by Gasteiger charge is -2.32. The molecule has 0 aliphatic carbocycles. The number of amides is 1. The Bertz CT molecular complexity index is 338. The van der Waals surface area contributed by atoms with Crippen LogP contribution in [0.5, 0.6) is 0 Å². The minimum absolute atomic E-state index is 0.155. The lowest BCUT2D eigenvalue weighted by molar-refractivity contribution is -0.147. The predicted molar refractivity (Wildman–Crippen MR) is 71.6 cm³/mol. The van der Waals surface area contributed by atoms with Gasteiger partial charge in [-0.05, 0) is 38.1 Å². The zero-order valence-corrected chi connectivity index (χ0v) is 11.9. The van der Waals surface area contributed by atoms with Crippen molar-refractivity contribution in [2.24, 2.45) is 5.92 Å². The molecule has 2 aliphatic heterocycles. The molecule has 1 amide bonds. The van der Waals surface area contributed by atoms with Crippen molar-refractivity contribution in [1.29, 1.82) is 0 Å². The minimum atomic E-state index is -0.224. The molecule has 5 heteroatoms. The van der Waals surface area contributed by atoms with Crippen LogP contribution in [0.4, 0.5) is 0 Å². The van der Waals surface area contributed by atoms with E-state index in [-0.39, 0.29) is 17.9 Å². The quantitative estimate of drug-likeness (QED) is 0.713. The fourth-order valence-electron chi connectivity index (χ4n) is 2.95. The number of methoxy groups -OCH3 is 1. The summed E-state index contributed by atoms with van der Waals surface area (Å²) in [5.41, 5.74) is 0. The Morgan fingerprint density at radius 1 is 1.16 bits per heavy atom. The molecule has 0 aromatic heterocycles. The summed E-state index contributed by atoms with van der Waals surface area (Å²) in [5, 5.41) is 0. The highest BCUT2D eigenvalue weighted by molar-refractivity contribution is 5.81. The van der Waals surface area contributed by atoms with Gasteiger partial charge in [0.1, 0.15) is 6.04 Å². The van der Waals surface area contributed by atoms with Gasteiger partial charge in [-0.1, -0.05) is 6.92 Å². The van der Waals surface area contributed by atoms with Gasteiger partial charge in [0, 0.05) is 13.1 Å². The van der Waals surface area contributed by atoms with Crippen molar-refractivity contribution in [2.45, 2.75) is 38.6 Å². The fourth-order valence-corrected chi connectivity index (χ4v) is 2.95. The molecule has 2 rings (SSSR count). The van der Waals surface area contributed by atoms with Gasteiger partial charge >= 0.3 is 5.97 Å². The molecule has 1 unspecified atom stereocenters. The summed E-state index contributed by atoms with van der Waals surface area (Å²) >= 11 is 0. The number of esters is 1. The van der Waals surface area contributed by atoms with Crippen molar-refractivity contribution in [3.63, 3.8) is 0 Å². The maximum Gasteiger partial charge on any atom is 0.323 e. The summed E-state index contributed by atoms with van der Waals surface area (Å²) in [7, 11) is 1.41. The molecule has 0 radical (unpaired) electrons. The van der Waals surface area contributed by atoms with E-state index < -0.39 is 0 Å². The molecule has 1 atom stereocenters. The Morgan fingerprint density at radius 3 is 2.47 bits per heavy atom. The number of carbonyl (C=O) groups is 2. The Labute approximate surface area is 114 Å². The molecule has 0 aromatic carbocycles. The first-order valence-corrected chi connectivity index (χ1v) is 7.21. The second-order valence-corrected chi connectivity index (χ2v) is 5.71. The first-order valence-electron chi connectivity index (χ1n) is 7.21. The standard InChI is InChI=1S/C14H24N2O3/c1-11-5-8-15(9-6-11)13(17)10-16-7-3-4-12(16)14(18)19-2/h11-12H,3-10H2,1-2H3. The second-order valence-electron chi connectivity index (χ2n) is 5.71. The summed E-state index contributed by atoms with van der Waals surface area (Å²) in [6, 6.07) is -0.224. The molecule has 2 saturated heterocycles. The van der Waals surface area contributed by atoms with E-state index in [4.69, 9.17) is 4.74 Å². The van der Waals surface area contributed by atoms with Gasteiger partial charge in [0.05, 0.1) is 13.7 Å². The molecule has 2 aliphatic rings. The average molecular weight is 268 g/mol. The van der Waals surface area contributed by atoms with Crippen LogP contribution in [-0.4, -0.2) is 61.0 Å². The van der Waals surface area contributed by atoms with E-state index in [1.54, 1.807) is 0 Å². The molecule has 0 N–H and O–H groups in total. The Morgan fingerprint density at radius 2 is 1.84 bits per heavy atom. The molecular weight excluding hydrogens is 244 g/mol. The van der Waals surface area contributed by atoms with E-state index in [1.165, 1.54) is 7.11 Å². The van der Waals surface area contributed by atoms with Crippen molar-refractivity contribution < 1.29 is 14.3 Å².